The van der Waals surface area contributed by atoms with Gasteiger partial charge in [0.15, 0.2) is 16.8 Å². The van der Waals surface area contributed by atoms with Crippen LogP contribution in [0, 0.1) is 0 Å². The van der Waals surface area contributed by atoms with Crippen LogP contribution in [-0.2, 0) is 9.53 Å². The summed E-state index contributed by atoms with van der Waals surface area (Å²) >= 11 is 0. The molecule has 0 unspecified atom stereocenters. The number of nitrogens with zero attached hydrogens (tertiary/aromatic N) is 1. The highest BCUT2D eigenvalue weighted by Crippen LogP contribution is 2.29. The van der Waals surface area contributed by atoms with Crippen LogP contribution in [0.25, 0.3) is 22.6 Å². The number of fused-ring (bicyclic) bond motifs is 2. The second kappa shape index (κ2) is 8.00. The Hall–Kier alpha value is -3.05. The van der Waals surface area contributed by atoms with Gasteiger partial charge in [0.25, 0.3) is 0 Å². The molecule has 1 amide bonds. The standard InChI is InChI=1S/C20H20N2O8/c1-9(24)21-17-19(27)18(26)16(8-23)30-20(17)28-11-3-5-13-15(7-11)29-14-6-10(25)2-4-12(14)22-13/h2-7,16-20,23,26-27H,8H2,1H3,(H,21,24)/t16-,17-,18+,19+,20-/m1/s1. The zero-order chi connectivity index (χ0) is 21.4. The van der Waals surface area contributed by atoms with Crippen LogP contribution >= 0.6 is 0 Å². The average Bonchev–Trinajstić information content (AvgIpc) is 2.71. The maximum absolute atomic E-state index is 11.6. The van der Waals surface area contributed by atoms with Crippen molar-refractivity contribution >= 4 is 17.0 Å². The van der Waals surface area contributed by atoms with Crippen molar-refractivity contribution in [2.75, 3.05) is 6.61 Å². The van der Waals surface area contributed by atoms with E-state index in [1.807, 2.05) is 0 Å². The third-order valence-electron chi connectivity index (χ3n) is 4.83. The van der Waals surface area contributed by atoms with Crippen LogP contribution in [0.2, 0.25) is 0 Å². The number of aliphatic hydroxyl groups is 3. The molecule has 0 aromatic heterocycles. The molecule has 5 atom stereocenters. The smallest absolute Gasteiger partial charge is 0.223 e. The fourth-order valence-corrected chi connectivity index (χ4v) is 3.36. The number of rotatable bonds is 4. The van der Waals surface area contributed by atoms with Gasteiger partial charge in [-0.25, -0.2) is 4.98 Å². The fraction of sp³-hybridized carbons (Fsp3) is 0.350. The molecule has 0 saturated carbocycles. The second-order valence-electron chi connectivity index (χ2n) is 7.02. The molecular weight excluding hydrogens is 396 g/mol. The maximum atomic E-state index is 11.6. The maximum Gasteiger partial charge on any atom is 0.223 e. The van der Waals surface area contributed by atoms with Crippen LogP contribution in [-0.4, -0.2) is 63.5 Å². The Balaban J connectivity index is 1.66. The first-order valence-corrected chi connectivity index (χ1v) is 9.26. The lowest BCUT2D eigenvalue weighted by atomic mass is 9.97. The number of carbonyl (C=O) groups is 1. The van der Waals surface area contributed by atoms with E-state index in [1.165, 1.54) is 25.1 Å². The first-order valence-electron chi connectivity index (χ1n) is 9.26. The summed E-state index contributed by atoms with van der Waals surface area (Å²) in [5, 5.41) is 32.3. The summed E-state index contributed by atoms with van der Waals surface area (Å²) < 4.78 is 17.1. The number of carbonyl (C=O) groups excluding carboxylic acids is 1. The summed E-state index contributed by atoms with van der Waals surface area (Å²) in [6.45, 7) is 0.704. The van der Waals surface area contributed by atoms with Gasteiger partial charge >= 0.3 is 0 Å². The molecule has 158 valence electrons. The highest BCUT2D eigenvalue weighted by atomic mass is 16.7. The van der Waals surface area contributed by atoms with Gasteiger partial charge in [0.1, 0.15) is 41.3 Å². The molecule has 1 saturated heterocycles. The van der Waals surface area contributed by atoms with Crippen LogP contribution < -0.4 is 15.5 Å². The Labute approximate surface area is 170 Å². The van der Waals surface area contributed by atoms with Gasteiger partial charge in [-0.1, -0.05) is 0 Å². The third-order valence-corrected chi connectivity index (χ3v) is 4.83. The van der Waals surface area contributed by atoms with Crippen molar-refractivity contribution in [2.24, 2.45) is 0 Å². The molecule has 0 bridgehead atoms. The molecule has 3 aliphatic rings. The molecule has 1 aliphatic carbocycles. The number of hydrogen-bond acceptors (Lipinski definition) is 9. The quantitative estimate of drug-likeness (QED) is 0.417. The van der Waals surface area contributed by atoms with Crippen LogP contribution in [0.3, 0.4) is 0 Å². The summed E-state index contributed by atoms with van der Waals surface area (Å²) in [6.07, 6.45) is -5.11. The molecule has 1 aromatic rings. The van der Waals surface area contributed by atoms with Crippen LogP contribution in [0.1, 0.15) is 6.92 Å². The molecular formula is C20H20N2O8. The van der Waals surface area contributed by atoms with E-state index < -0.39 is 43.2 Å². The van der Waals surface area contributed by atoms with E-state index in [-0.39, 0.29) is 11.2 Å². The molecule has 1 aromatic carbocycles. The number of benzene rings is 2. The fourth-order valence-electron chi connectivity index (χ4n) is 3.36. The Kier molecular flexibility index (Phi) is 5.39. The zero-order valence-electron chi connectivity index (χ0n) is 15.9. The van der Waals surface area contributed by atoms with Gasteiger partial charge in [-0.15, -0.1) is 0 Å². The number of nitrogens with one attached hydrogen (secondary N) is 1. The first kappa shape index (κ1) is 20.2. The molecule has 4 N–H and O–H groups in total. The van der Waals surface area contributed by atoms with Gasteiger partial charge < -0.3 is 34.5 Å². The van der Waals surface area contributed by atoms with E-state index in [4.69, 9.17) is 13.9 Å². The lowest BCUT2D eigenvalue weighted by molar-refractivity contribution is -0.244. The van der Waals surface area contributed by atoms with Crippen LogP contribution in [0.15, 0.2) is 45.6 Å². The van der Waals surface area contributed by atoms with Crippen molar-refractivity contribution < 1.29 is 34.0 Å². The minimum Gasteiger partial charge on any atom is -0.462 e. The molecule has 10 nitrogen and oxygen atoms in total. The van der Waals surface area contributed by atoms with Gasteiger partial charge in [-0.05, 0) is 24.3 Å². The molecule has 2 aliphatic heterocycles. The van der Waals surface area contributed by atoms with Gasteiger partial charge in [0, 0.05) is 19.1 Å². The van der Waals surface area contributed by atoms with Crippen molar-refractivity contribution in [3.63, 3.8) is 0 Å². The van der Waals surface area contributed by atoms with Gasteiger partial charge in [-0.2, -0.15) is 0 Å². The third kappa shape index (κ3) is 3.85. The van der Waals surface area contributed by atoms with E-state index >= 15 is 0 Å². The Morgan fingerprint density at radius 2 is 2.00 bits per heavy atom. The minimum absolute atomic E-state index is 0.212. The Morgan fingerprint density at radius 1 is 1.20 bits per heavy atom. The van der Waals surface area contributed by atoms with Crippen molar-refractivity contribution in [1.82, 2.24) is 10.3 Å². The van der Waals surface area contributed by atoms with Gasteiger partial charge in [-0.3, -0.25) is 9.59 Å². The Morgan fingerprint density at radius 3 is 2.73 bits per heavy atom. The molecule has 0 spiro atoms. The predicted molar refractivity (Wildman–Crippen MR) is 103 cm³/mol. The summed E-state index contributed by atoms with van der Waals surface area (Å²) in [6, 6.07) is 7.98. The van der Waals surface area contributed by atoms with Crippen molar-refractivity contribution in [3.8, 4) is 17.2 Å². The molecule has 2 heterocycles. The molecule has 10 heteroatoms. The van der Waals surface area contributed by atoms with E-state index in [2.05, 4.69) is 10.3 Å². The molecule has 0 radical (unpaired) electrons. The van der Waals surface area contributed by atoms with Crippen LogP contribution in [0.5, 0.6) is 5.75 Å². The number of hydrogen-bond donors (Lipinski definition) is 4. The lowest BCUT2D eigenvalue weighted by Gasteiger charge is -2.42. The minimum atomic E-state index is -1.42. The molecule has 4 rings (SSSR count). The first-order chi connectivity index (χ1) is 14.4. The zero-order valence-corrected chi connectivity index (χ0v) is 15.9. The van der Waals surface area contributed by atoms with E-state index in [0.29, 0.717) is 22.6 Å². The van der Waals surface area contributed by atoms with E-state index in [1.54, 1.807) is 18.2 Å². The highest BCUT2D eigenvalue weighted by Gasteiger charge is 2.46. The largest absolute Gasteiger partial charge is 0.462 e. The predicted octanol–water partition coefficient (Wildman–Crippen LogP) is -0.385. The summed E-state index contributed by atoms with van der Waals surface area (Å²) in [5.74, 6) is 0.130. The van der Waals surface area contributed by atoms with Crippen LogP contribution in [0.4, 0.5) is 0 Å². The van der Waals surface area contributed by atoms with Crippen molar-refractivity contribution in [1.29, 1.82) is 0 Å². The summed E-state index contributed by atoms with van der Waals surface area (Å²) in [7, 11) is 0. The number of aromatic nitrogens is 1. The Bertz CT molecular complexity index is 1100. The van der Waals surface area contributed by atoms with Crippen molar-refractivity contribution in [3.05, 3.63) is 46.6 Å². The summed E-state index contributed by atoms with van der Waals surface area (Å²) in [4.78, 5) is 27.5. The lowest BCUT2D eigenvalue weighted by Crippen LogP contribution is -2.65. The molecule has 30 heavy (non-hydrogen) atoms. The monoisotopic (exact) mass is 416 g/mol. The average molecular weight is 416 g/mol. The highest BCUT2D eigenvalue weighted by molar-refractivity contribution is 5.77. The normalized spacial score (nSPS) is 26.6. The van der Waals surface area contributed by atoms with Crippen molar-refractivity contribution in [2.45, 2.75) is 37.6 Å². The number of amides is 1. The topological polar surface area (TPSA) is 151 Å². The number of aliphatic hydroxyl groups excluding tert-OH is 3. The number of ether oxygens (including phenoxy) is 2. The summed E-state index contributed by atoms with van der Waals surface area (Å²) in [5.41, 5.74) is 1.19. The van der Waals surface area contributed by atoms with E-state index in [9.17, 15) is 24.9 Å². The second-order valence-corrected chi connectivity index (χ2v) is 7.02. The van der Waals surface area contributed by atoms with Gasteiger partial charge in [0.05, 0.1) is 6.61 Å². The van der Waals surface area contributed by atoms with Gasteiger partial charge in [0.2, 0.25) is 12.2 Å². The van der Waals surface area contributed by atoms with E-state index in [0.717, 1.165) is 0 Å². The molecule has 1 fully saturated rings. The SMILES string of the molecule is CC(=O)N[C@H]1[C@H](Oc2ccc3nc4ccc(=O)cc-4oc3c2)O[C@H](CO)[C@H](O)[C@H]1O.